The van der Waals surface area contributed by atoms with E-state index in [2.05, 4.69) is 22.2 Å². The molecule has 0 amide bonds. The summed E-state index contributed by atoms with van der Waals surface area (Å²) in [6, 6.07) is 2.12. The standard InChI is InChI=1S/C17H21ClN4O/c1-9-7-10(2)19-11(3)15(9)21-16-17(23)22(8-14(18)20-16)12(4)13-5-6-13/h7-8,12-13H,5-6H2,1-4H3,(H,20,21)/t12-/m1/s1. The third kappa shape index (κ3) is 3.24. The molecule has 1 fully saturated rings. The number of aryl methyl sites for hydroxylation is 3. The highest BCUT2D eigenvalue weighted by Crippen LogP contribution is 2.39. The number of nitrogens with one attached hydrogen (secondary N) is 1. The maximum absolute atomic E-state index is 12.7. The Morgan fingerprint density at radius 3 is 2.61 bits per heavy atom. The SMILES string of the molecule is Cc1cc(C)c(Nc2nc(Cl)cn([C@H](C)C3CC3)c2=O)c(C)n1. The number of hydrogen-bond donors (Lipinski definition) is 1. The van der Waals surface area contributed by atoms with E-state index < -0.39 is 0 Å². The van der Waals surface area contributed by atoms with E-state index in [-0.39, 0.29) is 17.4 Å². The van der Waals surface area contributed by atoms with E-state index in [1.54, 1.807) is 10.8 Å². The minimum Gasteiger partial charge on any atom is -0.334 e. The number of rotatable bonds is 4. The van der Waals surface area contributed by atoms with Crippen molar-refractivity contribution < 1.29 is 0 Å². The van der Waals surface area contributed by atoms with E-state index in [0.29, 0.717) is 11.1 Å². The lowest BCUT2D eigenvalue weighted by Gasteiger charge is -2.17. The van der Waals surface area contributed by atoms with Crippen LogP contribution in [-0.4, -0.2) is 14.5 Å². The molecule has 0 aliphatic heterocycles. The molecule has 3 rings (SSSR count). The molecule has 122 valence electrons. The van der Waals surface area contributed by atoms with Crippen molar-refractivity contribution in [3.05, 3.63) is 44.7 Å². The van der Waals surface area contributed by atoms with Crippen molar-refractivity contribution in [1.82, 2.24) is 14.5 Å². The van der Waals surface area contributed by atoms with Gasteiger partial charge in [0.15, 0.2) is 5.82 Å². The number of halogens is 1. The molecule has 5 nitrogen and oxygen atoms in total. The molecule has 0 radical (unpaired) electrons. The van der Waals surface area contributed by atoms with Crippen molar-refractivity contribution in [3.63, 3.8) is 0 Å². The van der Waals surface area contributed by atoms with E-state index in [1.807, 2.05) is 26.8 Å². The van der Waals surface area contributed by atoms with E-state index in [4.69, 9.17) is 11.6 Å². The lowest BCUT2D eigenvalue weighted by molar-refractivity contribution is 0.470. The maximum Gasteiger partial charge on any atom is 0.294 e. The van der Waals surface area contributed by atoms with Gasteiger partial charge in [-0.1, -0.05) is 11.6 Å². The number of anilines is 2. The van der Waals surface area contributed by atoms with Crippen LogP contribution in [-0.2, 0) is 0 Å². The van der Waals surface area contributed by atoms with Gasteiger partial charge < -0.3 is 9.88 Å². The van der Waals surface area contributed by atoms with E-state index in [1.165, 1.54) is 0 Å². The van der Waals surface area contributed by atoms with Gasteiger partial charge in [0.05, 0.1) is 11.4 Å². The summed E-state index contributed by atoms with van der Waals surface area (Å²) in [4.78, 5) is 21.4. The highest BCUT2D eigenvalue weighted by Gasteiger charge is 2.30. The predicted molar refractivity (Wildman–Crippen MR) is 92.7 cm³/mol. The smallest absolute Gasteiger partial charge is 0.294 e. The van der Waals surface area contributed by atoms with Gasteiger partial charge in [-0.2, -0.15) is 0 Å². The Kier molecular flexibility index (Phi) is 4.15. The molecule has 1 saturated carbocycles. The van der Waals surface area contributed by atoms with Crippen LogP contribution in [0.2, 0.25) is 5.15 Å². The molecule has 0 aromatic carbocycles. The van der Waals surface area contributed by atoms with E-state index >= 15 is 0 Å². The Morgan fingerprint density at radius 1 is 1.30 bits per heavy atom. The summed E-state index contributed by atoms with van der Waals surface area (Å²) in [6.07, 6.45) is 3.96. The second kappa shape index (κ2) is 5.96. The topological polar surface area (TPSA) is 59.8 Å². The van der Waals surface area contributed by atoms with Crippen molar-refractivity contribution >= 4 is 23.1 Å². The summed E-state index contributed by atoms with van der Waals surface area (Å²) >= 11 is 6.14. The first kappa shape index (κ1) is 16.0. The van der Waals surface area contributed by atoms with Crippen LogP contribution in [0, 0.1) is 26.7 Å². The minimum absolute atomic E-state index is 0.141. The maximum atomic E-state index is 12.7. The number of hydrogen-bond acceptors (Lipinski definition) is 4. The Morgan fingerprint density at radius 2 is 2.00 bits per heavy atom. The van der Waals surface area contributed by atoms with Crippen LogP contribution in [0.1, 0.15) is 42.8 Å². The second-order valence-corrected chi connectivity index (χ2v) is 6.76. The first-order chi connectivity index (χ1) is 10.9. The van der Waals surface area contributed by atoms with Gasteiger partial charge in [-0.15, -0.1) is 0 Å². The first-order valence-corrected chi connectivity index (χ1v) is 8.25. The van der Waals surface area contributed by atoms with Crippen LogP contribution in [0.4, 0.5) is 11.5 Å². The number of pyridine rings is 1. The van der Waals surface area contributed by atoms with Crippen LogP contribution in [0.3, 0.4) is 0 Å². The normalized spacial score (nSPS) is 15.5. The fourth-order valence-corrected chi connectivity index (χ4v) is 3.19. The fraction of sp³-hybridized carbons (Fsp3) is 0.471. The summed E-state index contributed by atoms with van der Waals surface area (Å²) in [7, 11) is 0. The van der Waals surface area contributed by atoms with Gasteiger partial charge in [0, 0.05) is 17.9 Å². The van der Waals surface area contributed by atoms with Gasteiger partial charge in [0.1, 0.15) is 5.15 Å². The minimum atomic E-state index is -0.145. The molecule has 1 aliphatic rings. The largest absolute Gasteiger partial charge is 0.334 e. The van der Waals surface area contributed by atoms with Crippen LogP contribution in [0.5, 0.6) is 0 Å². The zero-order valence-electron chi connectivity index (χ0n) is 13.9. The molecule has 0 spiro atoms. The average Bonchev–Trinajstić information content (AvgIpc) is 3.29. The Labute approximate surface area is 140 Å². The van der Waals surface area contributed by atoms with Crippen LogP contribution in [0.25, 0.3) is 0 Å². The highest BCUT2D eigenvalue weighted by molar-refractivity contribution is 6.29. The second-order valence-electron chi connectivity index (χ2n) is 6.37. The fourth-order valence-electron chi connectivity index (χ4n) is 3.00. The zero-order chi connectivity index (χ0) is 16.7. The Hall–Kier alpha value is -1.88. The quantitative estimate of drug-likeness (QED) is 0.921. The molecule has 23 heavy (non-hydrogen) atoms. The number of aromatic nitrogens is 3. The molecular weight excluding hydrogens is 312 g/mol. The molecule has 0 bridgehead atoms. The summed E-state index contributed by atoms with van der Waals surface area (Å²) < 4.78 is 1.70. The molecule has 2 aromatic heterocycles. The zero-order valence-corrected chi connectivity index (χ0v) is 14.6. The van der Waals surface area contributed by atoms with Crippen LogP contribution in [0.15, 0.2) is 17.1 Å². The third-order valence-corrected chi connectivity index (χ3v) is 4.60. The molecule has 6 heteroatoms. The van der Waals surface area contributed by atoms with E-state index in [9.17, 15) is 4.79 Å². The van der Waals surface area contributed by atoms with Crippen molar-refractivity contribution in [2.75, 3.05) is 5.32 Å². The summed E-state index contributed by atoms with van der Waals surface area (Å²) in [5.74, 6) is 0.811. The monoisotopic (exact) mass is 332 g/mol. The molecule has 0 unspecified atom stereocenters. The predicted octanol–water partition coefficient (Wildman–Crippen LogP) is 3.93. The lowest BCUT2D eigenvalue weighted by Crippen LogP contribution is -2.27. The molecule has 2 aromatic rings. The first-order valence-electron chi connectivity index (χ1n) is 7.87. The van der Waals surface area contributed by atoms with Gasteiger partial charge in [0.25, 0.3) is 5.56 Å². The molecule has 1 atom stereocenters. The molecule has 2 heterocycles. The van der Waals surface area contributed by atoms with E-state index in [0.717, 1.165) is 35.5 Å². The number of nitrogens with zero attached hydrogens (tertiary/aromatic N) is 3. The van der Waals surface area contributed by atoms with Crippen molar-refractivity contribution in [3.8, 4) is 0 Å². The van der Waals surface area contributed by atoms with Gasteiger partial charge in [-0.05, 0) is 58.1 Å². The Balaban J connectivity index is 2.02. The lowest BCUT2D eigenvalue weighted by atomic mass is 10.1. The molecular formula is C17H21ClN4O. The average molecular weight is 333 g/mol. The summed E-state index contributed by atoms with van der Waals surface area (Å²) in [5, 5.41) is 3.45. The molecule has 1 aliphatic carbocycles. The summed E-state index contributed by atoms with van der Waals surface area (Å²) in [5.41, 5.74) is 3.48. The summed E-state index contributed by atoms with van der Waals surface area (Å²) in [6.45, 7) is 7.91. The van der Waals surface area contributed by atoms with Gasteiger partial charge in [-0.3, -0.25) is 9.78 Å². The highest BCUT2D eigenvalue weighted by atomic mass is 35.5. The van der Waals surface area contributed by atoms with Gasteiger partial charge >= 0.3 is 0 Å². The van der Waals surface area contributed by atoms with Crippen molar-refractivity contribution in [1.29, 1.82) is 0 Å². The van der Waals surface area contributed by atoms with Crippen LogP contribution < -0.4 is 10.9 Å². The van der Waals surface area contributed by atoms with Crippen molar-refractivity contribution in [2.24, 2.45) is 5.92 Å². The molecule has 0 saturated heterocycles. The van der Waals surface area contributed by atoms with Gasteiger partial charge in [-0.25, -0.2) is 4.98 Å². The Bertz CT molecular complexity index is 788. The van der Waals surface area contributed by atoms with Gasteiger partial charge in [0.2, 0.25) is 0 Å². The van der Waals surface area contributed by atoms with Crippen LogP contribution >= 0.6 is 11.6 Å². The third-order valence-electron chi connectivity index (χ3n) is 4.41. The van der Waals surface area contributed by atoms with Crippen molar-refractivity contribution in [2.45, 2.75) is 46.6 Å². The molecule has 1 N–H and O–H groups in total.